The average molecular weight is 253 g/mol. The molecule has 18 heavy (non-hydrogen) atoms. The topological polar surface area (TPSA) is 29.5 Å². The van der Waals surface area contributed by atoms with Gasteiger partial charge in [0, 0.05) is 18.7 Å². The summed E-state index contributed by atoms with van der Waals surface area (Å²) in [6, 6.07) is 5.41. The molecular weight excluding hydrogens is 233 g/mol. The van der Waals surface area contributed by atoms with Gasteiger partial charge in [0.25, 0.3) is 0 Å². The molecule has 0 N–H and O–H groups in total. The van der Waals surface area contributed by atoms with Gasteiger partial charge in [0.15, 0.2) is 5.78 Å². The van der Waals surface area contributed by atoms with Crippen LogP contribution in [0.1, 0.15) is 24.2 Å². The molecule has 0 aliphatic carbocycles. The highest BCUT2D eigenvalue weighted by Crippen LogP contribution is 2.09. The standard InChI is InChI=1S/C14H20FNO2/c1-4-18-10-9-16(3)11(2)14(17)12-5-7-13(15)8-6-12/h5-8,11H,4,9-10H2,1-3H3. The van der Waals surface area contributed by atoms with E-state index >= 15 is 0 Å². The molecule has 0 aromatic heterocycles. The molecule has 0 amide bonds. The molecule has 0 radical (unpaired) electrons. The van der Waals surface area contributed by atoms with E-state index in [1.165, 1.54) is 24.3 Å². The largest absolute Gasteiger partial charge is 0.380 e. The molecule has 0 bridgehead atoms. The first-order valence-corrected chi connectivity index (χ1v) is 6.14. The molecule has 0 saturated heterocycles. The molecule has 0 aliphatic heterocycles. The van der Waals surface area contributed by atoms with E-state index in [2.05, 4.69) is 0 Å². The number of carbonyl (C=O) groups excluding carboxylic acids is 1. The van der Waals surface area contributed by atoms with Crippen LogP contribution in [0.25, 0.3) is 0 Å². The summed E-state index contributed by atoms with van der Waals surface area (Å²) in [5, 5.41) is 0. The van der Waals surface area contributed by atoms with Crippen molar-refractivity contribution in [3.8, 4) is 0 Å². The Morgan fingerprint density at radius 2 is 2.00 bits per heavy atom. The van der Waals surface area contributed by atoms with Gasteiger partial charge >= 0.3 is 0 Å². The maximum atomic E-state index is 12.8. The Labute approximate surface area is 108 Å². The van der Waals surface area contributed by atoms with Crippen molar-refractivity contribution >= 4 is 5.78 Å². The van der Waals surface area contributed by atoms with Crippen molar-refractivity contribution in [2.75, 3.05) is 26.8 Å². The summed E-state index contributed by atoms with van der Waals surface area (Å²) >= 11 is 0. The first kappa shape index (κ1) is 14.8. The van der Waals surface area contributed by atoms with Crippen LogP contribution >= 0.6 is 0 Å². The number of hydrogen-bond acceptors (Lipinski definition) is 3. The Morgan fingerprint density at radius 3 is 2.56 bits per heavy atom. The first-order chi connectivity index (χ1) is 8.56. The summed E-state index contributed by atoms with van der Waals surface area (Å²) < 4.78 is 18.0. The van der Waals surface area contributed by atoms with Gasteiger partial charge in [-0.15, -0.1) is 0 Å². The van der Waals surface area contributed by atoms with Crippen molar-refractivity contribution in [3.05, 3.63) is 35.6 Å². The zero-order valence-electron chi connectivity index (χ0n) is 11.1. The molecule has 1 aromatic rings. The molecule has 0 heterocycles. The molecule has 1 rings (SSSR count). The fourth-order valence-corrected chi connectivity index (χ4v) is 1.60. The van der Waals surface area contributed by atoms with Crippen LogP contribution < -0.4 is 0 Å². The van der Waals surface area contributed by atoms with Crippen molar-refractivity contribution in [1.29, 1.82) is 0 Å². The van der Waals surface area contributed by atoms with E-state index < -0.39 is 0 Å². The molecule has 1 aromatic carbocycles. The quantitative estimate of drug-likeness (QED) is 0.552. The van der Waals surface area contributed by atoms with Crippen LogP contribution in [-0.4, -0.2) is 43.5 Å². The van der Waals surface area contributed by atoms with Gasteiger partial charge in [0.05, 0.1) is 12.6 Å². The second-order valence-corrected chi connectivity index (χ2v) is 4.22. The predicted molar refractivity (Wildman–Crippen MR) is 69.3 cm³/mol. The maximum Gasteiger partial charge on any atom is 0.179 e. The van der Waals surface area contributed by atoms with Crippen LogP contribution in [0.3, 0.4) is 0 Å². The zero-order valence-corrected chi connectivity index (χ0v) is 11.1. The predicted octanol–water partition coefficient (Wildman–Crippen LogP) is 2.37. The minimum absolute atomic E-state index is 0.00556. The maximum absolute atomic E-state index is 12.8. The molecule has 0 aliphatic rings. The summed E-state index contributed by atoms with van der Waals surface area (Å²) in [6.45, 7) is 5.76. The highest BCUT2D eigenvalue weighted by molar-refractivity contribution is 5.99. The van der Waals surface area contributed by atoms with Gasteiger partial charge in [-0.25, -0.2) is 4.39 Å². The Morgan fingerprint density at radius 1 is 1.39 bits per heavy atom. The monoisotopic (exact) mass is 253 g/mol. The minimum Gasteiger partial charge on any atom is -0.380 e. The van der Waals surface area contributed by atoms with E-state index in [0.29, 0.717) is 25.3 Å². The number of ketones is 1. The van der Waals surface area contributed by atoms with Gasteiger partial charge in [-0.2, -0.15) is 0 Å². The van der Waals surface area contributed by atoms with Crippen LogP contribution in [0, 0.1) is 5.82 Å². The summed E-state index contributed by atoms with van der Waals surface area (Å²) in [5.74, 6) is -0.335. The number of ether oxygens (including phenoxy) is 1. The fourth-order valence-electron chi connectivity index (χ4n) is 1.60. The second-order valence-electron chi connectivity index (χ2n) is 4.22. The number of rotatable bonds is 7. The van der Waals surface area contributed by atoms with Gasteiger partial charge in [-0.1, -0.05) is 0 Å². The van der Waals surface area contributed by atoms with E-state index in [9.17, 15) is 9.18 Å². The molecule has 0 spiro atoms. The van der Waals surface area contributed by atoms with Crippen molar-refractivity contribution in [1.82, 2.24) is 4.90 Å². The second kappa shape index (κ2) is 7.24. The summed E-state index contributed by atoms with van der Waals surface area (Å²) in [4.78, 5) is 14.1. The van der Waals surface area contributed by atoms with Crippen molar-refractivity contribution in [2.24, 2.45) is 0 Å². The van der Waals surface area contributed by atoms with E-state index in [1.54, 1.807) is 0 Å². The van der Waals surface area contributed by atoms with Gasteiger partial charge < -0.3 is 4.74 Å². The van der Waals surface area contributed by atoms with Crippen LogP contribution in [0.2, 0.25) is 0 Å². The highest BCUT2D eigenvalue weighted by Gasteiger charge is 2.19. The number of likely N-dealkylation sites (N-methyl/N-ethyl adjacent to an activating group) is 1. The molecule has 4 heteroatoms. The summed E-state index contributed by atoms with van der Waals surface area (Å²) in [5.41, 5.74) is 0.534. The van der Waals surface area contributed by atoms with Crippen LogP contribution in [-0.2, 0) is 4.74 Å². The number of carbonyl (C=O) groups is 1. The summed E-state index contributed by atoms with van der Waals surface area (Å²) in [6.07, 6.45) is 0. The number of benzene rings is 1. The van der Waals surface area contributed by atoms with E-state index in [1.807, 2.05) is 25.8 Å². The molecule has 1 unspecified atom stereocenters. The Hall–Kier alpha value is -1.26. The number of hydrogen-bond donors (Lipinski definition) is 0. The van der Waals surface area contributed by atoms with Crippen molar-refractivity contribution in [2.45, 2.75) is 19.9 Å². The molecule has 100 valence electrons. The lowest BCUT2D eigenvalue weighted by atomic mass is 10.0. The third kappa shape index (κ3) is 4.20. The minimum atomic E-state index is -0.330. The number of Topliss-reactive ketones (excluding diaryl/α,β-unsaturated/α-hetero) is 1. The van der Waals surface area contributed by atoms with Crippen LogP contribution in [0.4, 0.5) is 4.39 Å². The van der Waals surface area contributed by atoms with Gasteiger partial charge in [0.2, 0.25) is 0 Å². The number of nitrogens with zero attached hydrogens (tertiary/aromatic N) is 1. The zero-order chi connectivity index (χ0) is 13.5. The third-order valence-corrected chi connectivity index (χ3v) is 2.96. The lowest BCUT2D eigenvalue weighted by Gasteiger charge is -2.23. The fraction of sp³-hybridized carbons (Fsp3) is 0.500. The van der Waals surface area contributed by atoms with E-state index in [-0.39, 0.29) is 17.6 Å². The van der Waals surface area contributed by atoms with Crippen molar-refractivity contribution in [3.63, 3.8) is 0 Å². The molecule has 0 fully saturated rings. The van der Waals surface area contributed by atoms with Crippen LogP contribution in [0.15, 0.2) is 24.3 Å². The molecular formula is C14H20FNO2. The Balaban J connectivity index is 2.57. The van der Waals surface area contributed by atoms with E-state index in [4.69, 9.17) is 4.74 Å². The van der Waals surface area contributed by atoms with E-state index in [0.717, 1.165) is 0 Å². The SMILES string of the molecule is CCOCCN(C)C(C)C(=O)c1ccc(F)cc1. The van der Waals surface area contributed by atoms with Crippen molar-refractivity contribution < 1.29 is 13.9 Å². The first-order valence-electron chi connectivity index (χ1n) is 6.14. The van der Waals surface area contributed by atoms with Gasteiger partial charge in [-0.3, -0.25) is 9.69 Å². The van der Waals surface area contributed by atoms with Crippen LogP contribution in [0.5, 0.6) is 0 Å². The smallest absolute Gasteiger partial charge is 0.179 e. The molecule has 3 nitrogen and oxygen atoms in total. The molecule has 1 atom stereocenters. The normalized spacial score (nSPS) is 12.7. The average Bonchev–Trinajstić information content (AvgIpc) is 2.38. The summed E-state index contributed by atoms with van der Waals surface area (Å²) in [7, 11) is 1.88. The Bertz CT molecular complexity index is 378. The van der Waals surface area contributed by atoms with Gasteiger partial charge in [0.1, 0.15) is 5.82 Å². The lowest BCUT2D eigenvalue weighted by Crippen LogP contribution is -2.38. The molecule has 0 saturated carbocycles. The third-order valence-electron chi connectivity index (χ3n) is 2.96. The van der Waals surface area contributed by atoms with Gasteiger partial charge in [-0.05, 0) is 45.2 Å². The number of halogens is 1. The highest BCUT2D eigenvalue weighted by atomic mass is 19.1. The lowest BCUT2D eigenvalue weighted by molar-refractivity contribution is 0.0789. The Kier molecular flexibility index (Phi) is 5.95.